The summed E-state index contributed by atoms with van der Waals surface area (Å²) in [5.74, 6) is 0.00259. The Morgan fingerprint density at radius 3 is 2.37 bits per heavy atom. The molecule has 4 heteroatoms. The van der Waals surface area contributed by atoms with Gasteiger partial charge >= 0.3 is 0 Å². The number of hydrogen-bond acceptors (Lipinski definition) is 2. The van der Waals surface area contributed by atoms with Crippen LogP contribution < -0.4 is 10.6 Å². The van der Waals surface area contributed by atoms with E-state index in [1.165, 1.54) is 5.56 Å². The Bertz CT molecular complexity index is 365. The third-order valence-electron chi connectivity index (χ3n) is 2.88. The van der Waals surface area contributed by atoms with Gasteiger partial charge in [-0.05, 0) is 37.6 Å². The highest BCUT2D eigenvalue weighted by molar-refractivity contribution is 5.94. The van der Waals surface area contributed by atoms with E-state index < -0.39 is 0 Å². The van der Waals surface area contributed by atoms with Crippen molar-refractivity contribution in [1.82, 2.24) is 10.6 Å². The molecule has 1 amide bonds. The molecule has 0 radical (unpaired) electrons. The summed E-state index contributed by atoms with van der Waals surface area (Å²) in [5.41, 5.74) is 2.02. The quantitative estimate of drug-likeness (QED) is 0.808. The number of halogens is 1. The van der Waals surface area contributed by atoms with Crippen LogP contribution in [-0.4, -0.2) is 25.0 Å². The largest absolute Gasteiger partial charge is 0.350 e. The number of carbonyl (C=O) groups excluding carboxylic acids is 1. The summed E-state index contributed by atoms with van der Waals surface area (Å²) in [6, 6.07) is 8.17. The average Bonchev–Trinajstić information content (AvgIpc) is 2.37. The molecular formula is C15H25ClN2O. The Labute approximate surface area is 122 Å². The first kappa shape index (κ1) is 17.9. The van der Waals surface area contributed by atoms with Crippen LogP contribution in [0.5, 0.6) is 0 Å². The van der Waals surface area contributed by atoms with Gasteiger partial charge in [0.2, 0.25) is 0 Å². The minimum absolute atomic E-state index is 0. The molecule has 0 heterocycles. The predicted molar refractivity (Wildman–Crippen MR) is 83.2 cm³/mol. The highest BCUT2D eigenvalue weighted by Crippen LogP contribution is 2.06. The zero-order chi connectivity index (χ0) is 13.4. The van der Waals surface area contributed by atoms with Crippen LogP contribution in [0.1, 0.15) is 43.1 Å². The monoisotopic (exact) mass is 284 g/mol. The smallest absolute Gasteiger partial charge is 0.251 e. The summed E-state index contributed by atoms with van der Waals surface area (Å²) in [4.78, 5) is 11.9. The van der Waals surface area contributed by atoms with Gasteiger partial charge in [0.05, 0.1) is 0 Å². The van der Waals surface area contributed by atoms with Crippen LogP contribution in [0.3, 0.4) is 0 Å². The molecule has 1 aromatic rings. The van der Waals surface area contributed by atoms with Crippen LogP contribution in [-0.2, 0) is 6.42 Å². The van der Waals surface area contributed by atoms with Crippen molar-refractivity contribution >= 4 is 18.3 Å². The number of hydrogen-bond donors (Lipinski definition) is 2. The normalized spacial score (nSPS) is 11.5. The predicted octanol–water partition coefficient (Wildman–Crippen LogP) is 2.79. The van der Waals surface area contributed by atoms with Gasteiger partial charge in [-0.25, -0.2) is 0 Å². The van der Waals surface area contributed by atoms with Crippen molar-refractivity contribution in [2.24, 2.45) is 0 Å². The summed E-state index contributed by atoms with van der Waals surface area (Å²) in [7, 11) is 0. The van der Waals surface area contributed by atoms with E-state index in [9.17, 15) is 4.79 Å². The zero-order valence-corrected chi connectivity index (χ0v) is 12.8. The molecule has 0 aromatic heterocycles. The molecule has 0 bridgehead atoms. The summed E-state index contributed by atoms with van der Waals surface area (Å²) in [5, 5.41) is 6.20. The van der Waals surface area contributed by atoms with Gasteiger partial charge < -0.3 is 10.6 Å². The van der Waals surface area contributed by atoms with Crippen LogP contribution in [0.2, 0.25) is 0 Å². The van der Waals surface area contributed by atoms with Crippen LogP contribution >= 0.6 is 12.4 Å². The van der Waals surface area contributed by atoms with Crippen molar-refractivity contribution in [3.05, 3.63) is 35.4 Å². The lowest BCUT2D eigenvalue weighted by Gasteiger charge is -2.13. The van der Waals surface area contributed by atoms with Crippen LogP contribution in [0.15, 0.2) is 24.3 Å². The topological polar surface area (TPSA) is 41.1 Å². The standard InChI is InChI=1S/C15H24N2O.ClH/c1-4-6-13-7-9-14(10-8-13)15(18)17-11-12(3)16-5-2;/h7-10,12,16H,4-6,11H2,1-3H3,(H,17,18);1H/t12-;/m1./s1. The maximum Gasteiger partial charge on any atom is 0.251 e. The second kappa shape index (κ2) is 9.82. The molecule has 0 aliphatic heterocycles. The molecule has 3 nitrogen and oxygen atoms in total. The number of amides is 1. The highest BCUT2D eigenvalue weighted by atomic mass is 35.5. The summed E-state index contributed by atoms with van der Waals surface area (Å²) < 4.78 is 0. The molecule has 0 saturated carbocycles. The number of nitrogens with one attached hydrogen (secondary N) is 2. The fourth-order valence-corrected chi connectivity index (χ4v) is 1.88. The summed E-state index contributed by atoms with van der Waals surface area (Å²) in [6.45, 7) is 7.85. The molecule has 0 fully saturated rings. The molecular weight excluding hydrogens is 260 g/mol. The van der Waals surface area contributed by atoms with Crippen LogP contribution in [0.4, 0.5) is 0 Å². The van der Waals surface area contributed by atoms with Gasteiger partial charge in [0, 0.05) is 18.2 Å². The minimum Gasteiger partial charge on any atom is -0.350 e. The first-order valence-electron chi connectivity index (χ1n) is 6.77. The van der Waals surface area contributed by atoms with Gasteiger partial charge in [-0.1, -0.05) is 32.4 Å². The van der Waals surface area contributed by atoms with E-state index in [4.69, 9.17) is 0 Å². The van der Waals surface area contributed by atoms with Crippen molar-refractivity contribution in [2.45, 2.75) is 39.7 Å². The van der Waals surface area contributed by atoms with E-state index in [-0.39, 0.29) is 18.3 Å². The maximum atomic E-state index is 11.9. The summed E-state index contributed by atoms with van der Waals surface area (Å²) >= 11 is 0. The van der Waals surface area contributed by atoms with Crippen molar-refractivity contribution in [2.75, 3.05) is 13.1 Å². The van der Waals surface area contributed by atoms with E-state index in [0.29, 0.717) is 12.6 Å². The first-order valence-corrected chi connectivity index (χ1v) is 6.77. The number of rotatable bonds is 7. The second-order valence-corrected chi connectivity index (χ2v) is 4.62. The molecule has 0 aliphatic carbocycles. The molecule has 19 heavy (non-hydrogen) atoms. The Hall–Kier alpha value is -1.06. The van der Waals surface area contributed by atoms with Gasteiger partial charge in [0.15, 0.2) is 0 Å². The minimum atomic E-state index is 0. The Kier molecular flexibility index (Phi) is 9.27. The highest BCUT2D eigenvalue weighted by Gasteiger charge is 2.06. The third kappa shape index (κ3) is 6.60. The number of benzene rings is 1. The first-order chi connectivity index (χ1) is 8.67. The van der Waals surface area contributed by atoms with E-state index in [1.807, 2.05) is 24.3 Å². The molecule has 0 unspecified atom stereocenters. The third-order valence-corrected chi connectivity index (χ3v) is 2.88. The number of carbonyl (C=O) groups is 1. The second-order valence-electron chi connectivity index (χ2n) is 4.62. The van der Waals surface area contributed by atoms with Gasteiger partial charge in [-0.3, -0.25) is 4.79 Å². The Morgan fingerprint density at radius 2 is 1.84 bits per heavy atom. The van der Waals surface area contributed by atoms with Gasteiger partial charge in [-0.15, -0.1) is 12.4 Å². The Morgan fingerprint density at radius 1 is 1.21 bits per heavy atom. The van der Waals surface area contributed by atoms with Gasteiger partial charge in [0.25, 0.3) is 5.91 Å². The molecule has 2 N–H and O–H groups in total. The fraction of sp³-hybridized carbons (Fsp3) is 0.533. The van der Waals surface area contributed by atoms with Crippen molar-refractivity contribution in [3.8, 4) is 0 Å². The van der Waals surface area contributed by atoms with Gasteiger partial charge in [0.1, 0.15) is 0 Å². The zero-order valence-electron chi connectivity index (χ0n) is 12.0. The molecule has 108 valence electrons. The van der Waals surface area contributed by atoms with Crippen molar-refractivity contribution in [3.63, 3.8) is 0 Å². The SMILES string of the molecule is CCCc1ccc(C(=O)NC[C@@H](C)NCC)cc1.Cl. The molecule has 1 aromatic carbocycles. The van der Waals surface area contributed by atoms with E-state index >= 15 is 0 Å². The lowest BCUT2D eigenvalue weighted by molar-refractivity contribution is 0.0950. The molecule has 0 spiro atoms. The number of likely N-dealkylation sites (N-methyl/N-ethyl adjacent to an activating group) is 1. The van der Waals surface area contributed by atoms with Crippen LogP contribution in [0, 0.1) is 0 Å². The van der Waals surface area contributed by atoms with Crippen LogP contribution in [0.25, 0.3) is 0 Å². The maximum absolute atomic E-state index is 11.9. The lowest BCUT2D eigenvalue weighted by Crippen LogP contribution is -2.38. The van der Waals surface area contributed by atoms with E-state index in [0.717, 1.165) is 24.9 Å². The molecule has 1 rings (SSSR count). The molecule has 0 aliphatic rings. The van der Waals surface area contributed by atoms with Crippen molar-refractivity contribution < 1.29 is 4.79 Å². The fourth-order valence-electron chi connectivity index (χ4n) is 1.88. The lowest BCUT2D eigenvalue weighted by atomic mass is 10.1. The average molecular weight is 285 g/mol. The van der Waals surface area contributed by atoms with E-state index in [2.05, 4.69) is 31.4 Å². The number of aryl methyl sites for hydroxylation is 1. The summed E-state index contributed by atoms with van der Waals surface area (Å²) in [6.07, 6.45) is 2.20. The van der Waals surface area contributed by atoms with Gasteiger partial charge in [-0.2, -0.15) is 0 Å². The molecule has 0 saturated heterocycles. The molecule has 1 atom stereocenters. The Balaban J connectivity index is 0.00000324. The van der Waals surface area contributed by atoms with Crippen molar-refractivity contribution in [1.29, 1.82) is 0 Å². The van der Waals surface area contributed by atoms with E-state index in [1.54, 1.807) is 0 Å².